The molecule has 2 unspecified atom stereocenters. The van der Waals surface area contributed by atoms with Gasteiger partial charge in [0.1, 0.15) is 83.6 Å². The van der Waals surface area contributed by atoms with Crippen molar-refractivity contribution >= 4 is 47.7 Å². The number of rotatable bonds is 16. The van der Waals surface area contributed by atoms with Crippen LogP contribution in [0, 0.1) is 46.7 Å². The summed E-state index contributed by atoms with van der Waals surface area (Å²) >= 11 is 0. The minimum Gasteiger partial charge on any atom is -1.00 e. The first-order valence-electron chi connectivity index (χ1n) is 27.7. The van der Waals surface area contributed by atoms with Crippen LogP contribution in [-0.2, 0) is 23.8 Å². The molecule has 0 bridgehead atoms. The maximum Gasteiger partial charge on any atom is 0.168 e. The lowest BCUT2D eigenvalue weighted by Crippen LogP contribution is -3.00. The first kappa shape index (κ1) is 60.2. The van der Waals surface area contributed by atoms with Crippen LogP contribution in [0.2, 0.25) is 0 Å². The van der Waals surface area contributed by atoms with Crippen molar-refractivity contribution in [3.63, 3.8) is 0 Å². The predicted octanol–water partition coefficient (Wildman–Crippen LogP) is 13.1. The van der Waals surface area contributed by atoms with Crippen LogP contribution < -0.4 is 51.8 Å². The normalized spacial score (nSPS) is 15.8. The van der Waals surface area contributed by atoms with E-state index in [1.807, 2.05) is 6.07 Å². The average molecular weight is 1190 g/mol. The molecular weight excluding hydrogens is 1120 g/mol. The van der Waals surface area contributed by atoms with Crippen LogP contribution in [0.15, 0.2) is 157 Å². The van der Waals surface area contributed by atoms with Gasteiger partial charge in [-0.15, -0.1) is 0 Å². The summed E-state index contributed by atoms with van der Waals surface area (Å²) in [4.78, 5) is 10.4. The molecule has 0 spiro atoms. The molecule has 7 aromatic rings. The van der Waals surface area contributed by atoms with E-state index >= 15 is 4.39 Å². The van der Waals surface area contributed by atoms with Crippen molar-refractivity contribution in [3.8, 4) is 23.0 Å². The molecule has 7 aromatic carbocycles. The molecular formula is C68H66BrF6O5P. The highest BCUT2D eigenvalue weighted by molar-refractivity contribution is 7.95. The Morgan fingerprint density at radius 2 is 0.963 bits per heavy atom. The lowest BCUT2D eigenvalue weighted by Gasteiger charge is -2.29. The van der Waals surface area contributed by atoms with Gasteiger partial charge in [-0.25, -0.2) is 26.3 Å². The van der Waals surface area contributed by atoms with Crippen molar-refractivity contribution in [2.24, 2.45) is 11.8 Å². The minimum absolute atomic E-state index is 0. The molecule has 4 aliphatic rings. The van der Waals surface area contributed by atoms with Crippen LogP contribution in [0.1, 0.15) is 98.6 Å². The van der Waals surface area contributed by atoms with E-state index in [1.54, 1.807) is 36.4 Å². The summed E-state index contributed by atoms with van der Waals surface area (Å²) < 4.78 is 106. The van der Waals surface area contributed by atoms with Gasteiger partial charge in [0.15, 0.2) is 23.1 Å². The minimum atomic E-state index is -2.16. The summed E-state index contributed by atoms with van der Waals surface area (Å²) in [7, 11) is -2.16. The molecule has 0 aliphatic carbocycles. The molecule has 5 nitrogen and oxygen atoms in total. The van der Waals surface area contributed by atoms with E-state index in [2.05, 4.69) is 105 Å². The van der Waals surface area contributed by atoms with Gasteiger partial charge in [0.05, 0.1) is 13.2 Å². The zero-order valence-electron chi connectivity index (χ0n) is 45.6. The number of unbranched alkanes of at least 4 members (excludes halogenated alkanes) is 4. The Bertz CT molecular complexity index is 3260. The zero-order valence-corrected chi connectivity index (χ0v) is 48.0. The average Bonchev–Trinajstić information content (AvgIpc) is 3.58. The largest absolute Gasteiger partial charge is 1.00 e. The third-order valence-corrected chi connectivity index (χ3v) is 19.3. The second-order valence-electron chi connectivity index (χ2n) is 20.8. The third kappa shape index (κ3) is 15.0. The molecule has 0 saturated carbocycles. The van der Waals surface area contributed by atoms with E-state index < -0.39 is 30.5 Å². The molecule has 11 rings (SSSR count). The smallest absolute Gasteiger partial charge is 0.168 e. The highest BCUT2D eigenvalue weighted by Crippen LogP contribution is 2.59. The van der Waals surface area contributed by atoms with Crippen LogP contribution in [-0.4, -0.2) is 32.7 Å². The van der Waals surface area contributed by atoms with Crippen LogP contribution in [0.25, 0.3) is 18.2 Å². The first-order valence-corrected chi connectivity index (χ1v) is 29.6. The number of carbonyl (C=O) groups is 1. The summed E-state index contributed by atoms with van der Waals surface area (Å²) in [5.74, 6) is -0.693. The van der Waals surface area contributed by atoms with Crippen molar-refractivity contribution in [2.75, 3.05) is 26.4 Å². The summed E-state index contributed by atoms with van der Waals surface area (Å²) in [6, 6.07) is 42.9. The maximum absolute atomic E-state index is 15.9. The highest BCUT2D eigenvalue weighted by Gasteiger charge is 2.46. The second kappa shape index (κ2) is 28.7. The highest BCUT2D eigenvalue weighted by atomic mass is 79.9. The quantitative estimate of drug-likeness (QED) is 0.0418. The molecule has 0 saturated heterocycles. The molecule has 81 heavy (non-hydrogen) atoms. The van der Waals surface area contributed by atoms with Crippen molar-refractivity contribution in [1.82, 2.24) is 0 Å². The van der Waals surface area contributed by atoms with Crippen LogP contribution in [0.4, 0.5) is 26.3 Å². The standard InChI is InChI=1S/C33H35FOP.C25H25F3O2.C10H6F2O2.BrH/c1-2-3-7-14-26-21-27-22-32(34)28(23-33(27)35-24-26)25-36(29-15-8-4-9-16-29,30-17-10-5-11-18-30)31-19-12-6-13-20-31;1-2-3-4-5-16-8-19-11-22(27)18(12-24(19)29-14-16)7-6-17-9-20-10-21(26)13-23(28)25(20)30-15-17;11-8-2-7-1-6(4-13)5-14-10(7)9(12)3-8;/h4-6,8-13,15-20,22-23,26H,2-3,7,14,21,24-25H2,1H3;6-7,9-13,16H,2-5,8,14-15H2,1H3;1-4H,5H2;1H/q+1;;;/p-1/b;7-6+;;. The SMILES string of the molecule is CCCCCC1COc2cc(/C=C/C3=Cc4cc(F)cc(F)c4OC3)c(F)cc2C1.CCCCCC1COc2cc(C[P+](c3ccccc3)(c3ccccc3)c3ccccc3)c(F)cc2C1.O=CC1=Cc2cc(F)cc(F)c2OC1.[Br-]. The summed E-state index contributed by atoms with van der Waals surface area (Å²) in [6.45, 7) is 5.97. The van der Waals surface area contributed by atoms with Crippen molar-refractivity contribution < 1.29 is 67.1 Å². The van der Waals surface area contributed by atoms with Crippen molar-refractivity contribution in [1.29, 1.82) is 0 Å². The maximum atomic E-state index is 15.9. The number of hydrogen-bond donors (Lipinski definition) is 0. The fourth-order valence-electron chi connectivity index (χ4n) is 10.8. The Balaban J connectivity index is 0.000000172. The van der Waals surface area contributed by atoms with E-state index in [4.69, 9.17) is 18.9 Å². The Morgan fingerprint density at radius 1 is 0.506 bits per heavy atom. The van der Waals surface area contributed by atoms with Crippen molar-refractivity contribution in [3.05, 3.63) is 225 Å². The van der Waals surface area contributed by atoms with Crippen molar-refractivity contribution in [2.45, 2.75) is 84.2 Å². The fraction of sp³-hybridized carbons (Fsp3) is 0.279. The lowest BCUT2D eigenvalue weighted by atomic mass is 9.91. The van der Waals surface area contributed by atoms with Gasteiger partial charge in [0.25, 0.3) is 0 Å². The molecule has 13 heteroatoms. The van der Waals surface area contributed by atoms with E-state index in [0.717, 1.165) is 78.7 Å². The summed E-state index contributed by atoms with van der Waals surface area (Å²) in [5.41, 5.74) is 4.74. The Kier molecular flexibility index (Phi) is 21.3. The van der Waals surface area contributed by atoms with Gasteiger partial charge in [-0.05, 0) is 139 Å². The van der Waals surface area contributed by atoms with Gasteiger partial charge in [0.2, 0.25) is 0 Å². The van der Waals surface area contributed by atoms with Gasteiger partial charge >= 0.3 is 0 Å². The Morgan fingerprint density at radius 3 is 1.44 bits per heavy atom. The monoisotopic (exact) mass is 1190 g/mol. The molecule has 4 aliphatic heterocycles. The van der Waals surface area contributed by atoms with Gasteiger partial charge < -0.3 is 35.9 Å². The Hall–Kier alpha value is -6.88. The summed E-state index contributed by atoms with van der Waals surface area (Å²) in [5, 5.41) is 3.78. The third-order valence-electron chi connectivity index (χ3n) is 15.0. The molecule has 0 amide bonds. The van der Waals surface area contributed by atoms with Gasteiger partial charge in [-0.1, -0.05) is 119 Å². The first-order chi connectivity index (χ1) is 38.9. The number of fused-ring (bicyclic) bond motifs is 4. The van der Waals surface area contributed by atoms with Crippen LogP contribution in [0.5, 0.6) is 23.0 Å². The number of aldehydes is 1. The van der Waals surface area contributed by atoms with Gasteiger partial charge in [-0.2, -0.15) is 0 Å². The number of halogens is 7. The zero-order chi connectivity index (χ0) is 56.0. The molecule has 0 aromatic heterocycles. The number of hydrogen-bond acceptors (Lipinski definition) is 5. The predicted molar refractivity (Wildman–Crippen MR) is 310 cm³/mol. The topological polar surface area (TPSA) is 54.0 Å². The second-order valence-corrected chi connectivity index (χ2v) is 24.3. The van der Waals surface area contributed by atoms with Gasteiger partial charge in [0, 0.05) is 40.0 Å². The number of ether oxygens (including phenoxy) is 4. The molecule has 0 N–H and O–H groups in total. The van der Waals surface area contributed by atoms with Crippen LogP contribution in [0.3, 0.4) is 0 Å². The molecule has 2 atom stereocenters. The molecule has 0 fully saturated rings. The van der Waals surface area contributed by atoms with Crippen LogP contribution >= 0.6 is 7.26 Å². The van der Waals surface area contributed by atoms with E-state index in [9.17, 15) is 26.7 Å². The number of carbonyl (C=O) groups excluding carboxylic acids is 1. The fourth-order valence-corrected chi connectivity index (χ4v) is 15.1. The van der Waals surface area contributed by atoms with E-state index in [-0.39, 0.29) is 58.9 Å². The summed E-state index contributed by atoms with van der Waals surface area (Å²) in [6.07, 6.45) is 18.9. The van der Waals surface area contributed by atoms with Gasteiger partial charge in [-0.3, -0.25) is 4.79 Å². The molecule has 4 heterocycles. The molecule has 422 valence electrons. The Labute approximate surface area is 482 Å². The number of benzene rings is 7. The van der Waals surface area contributed by atoms with E-state index in [1.165, 1.54) is 66.6 Å². The van der Waals surface area contributed by atoms with E-state index in [0.29, 0.717) is 53.2 Å². The lowest BCUT2D eigenvalue weighted by molar-refractivity contribution is -0.105. The molecule has 0 radical (unpaired) electrons.